The average molecular weight is 817 g/mol. The zero-order valence-electron chi connectivity index (χ0n) is 34.5. The van der Waals surface area contributed by atoms with Crippen LogP contribution in [0.25, 0.3) is 122 Å². The standard InChI is InChI=1S/C58H36N6/c1-3-12-41-28-43(26-22-37(41)10-1)39-20-24-40(25-21-39)53-33-54(62-57(61-53)49-31-44-14-5-7-18-51(44)59-35-49)46-16-9-17-47(30-46)55-34-56(48-27-23-38-11-2-4-13-42(38)29-48)64-58(63-55)50-32-45-15-6-8-19-52(45)60-36-50/h1-36H. The Bertz CT molecular complexity index is 3650. The summed E-state index contributed by atoms with van der Waals surface area (Å²) >= 11 is 0. The minimum Gasteiger partial charge on any atom is -0.255 e. The van der Waals surface area contributed by atoms with Gasteiger partial charge in [0.15, 0.2) is 11.6 Å². The van der Waals surface area contributed by atoms with Gasteiger partial charge in [0.25, 0.3) is 0 Å². The SMILES string of the molecule is c1cc(-c2cc(-c3ccc(-c4ccc5ccccc5c4)cc3)nc(-c3cnc4ccccc4c3)n2)cc(-c2cc(-c3ccc4ccccc4c3)nc(-c3cnc4ccccc4c3)n2)c1. The number of nitrogens with zero attached hydrogens (tertiary/aromatic N) is 6. The van der Waals surface area contributed by atoms with Crippen molar-refractivity contribution in [1.82, 2.24) is 29.9 Å². The zero-order chi connectivity index (χ0) is 42.4. The van der Waals surface area contributed by atoms with Crippen molar-refractivity contribution in [3.8, 4) is 78.9 Å². The molecule has 0 bridgehead atoms. The molecule has 0 aliphatic rings. The molecule has 0 aliphatic carbocycles. The largest absolute Gasteiger partial charge is 0.255 e. The third-order valence-corrected chi connectivity index (χ3v) is 11.9. The first-order chi connectivity index (χ1) is 31.6. The highest BCUT2D eigenvalue weighted by Gasteiger charge is 2.16. The first-order valence-electron chi connectivity index (χ1n) is 21.3. The van der Waals surface area contributed by atoms with Crippen LogP contribution in [0.5, 0.6) is 0 Å². The van der Waals surface area contributed by atoms with Crippen LogP contribution in [-0.2, 0) is 0 Å². The number of para-hydroxylation sites is 2. The smallest absolute Gasteiger partial charge is 0.161 e. The van der Waals surface area contributed by atoms with Crippen molar-refractivity contribution in [3.63, 3.8) is 0 Å². The molecule has 0 fully saturated rings. The predicted molar refractivity (Wildman–Crippen MR) is 261 cm³/mol. The lowest BCUT2D eigenvalue weighted by Crippen LogP contribution is -1.98. The van der Waals surface area contributed by atoms with Crippen molar-refractivity contribution < 1.29 is 0 Å². The van der Waals surface area contributed by atoms with Gasteiger partial charge in [0.05, 0.1) is 33.8 Å². The summed E-state index contributed by atoms with van der Waals surface area (Å²) < 4.78 is 0. The Morgan fingerprint density at radius 3 is 1.12 bits per heavy atom. The first-order valence-corrected chi connectivity index (χ1v) is 21.3. The van der Waals surface area contributed by atoms with Gasteiger partial charge >= 0.3 is 0 Å². The third-order valence-electron chi connectivity index (χ3n) is 11.9. The molecule has 0 amide bonds. The lowest BCUT2D eigenvalue weighted by Gasteiger charge is -2.13. The maximum absolute atomic E-state index is 5.23. The molecule has 0 atom stereocenters. The average Bonchev–Trinajstić information content (AvgIpc) is 3.38. The van der Waals surface area contributed by atoms with Gasteiger partial charge in [0.2, 0.25) is 0 Å². The van der Waals surface area contributed by atoms with Crippen molar-refractivity contribution >= 4 is 43.4 Å². The van der Waals surface area contributed by atoms with E-state index in [0.717, 1.165) is 88.9 Å². The molecule has 6 heteroatoms. The van der Waals surface area contributed by atoms with Crippen LogP contribution in [0.15, 0.2) is 219 Å². The van der Waals surface area contributed by atoms with E-state index >= 15 is 0 Å². The van der Waals surface area contributed by atoms with Crippen LogP contribution in [0, 0.1) is 0 Å². The lowest BCUT2D eigenvalue weighted by atomic mass is 9.99. The monoisotopic (exact) mass is 816 g/mol. The molecule has 0 N–H and O–H groups in total. The molecule has 8 aromatic carbocycles. The quantitative estimate of drug-likeness (QED) is 0.159. The third kappa shape index (κ3) is 7.09. The lowest BCUT2D eigenvalue weighted by molar-refractivity contribution is 1.17. The van der Waals surface area contributed by atoms with E-state index in [1.807, 2.05) is 48.8 Å². The number of aromatic nitrogens is 6. The molecule has 0 saturated carbocycles. The van der Waals surface area contributed by atoms with Gasteiger partial charge in [0, 0.05) is 56.5 Å². The minimum atomic E-state index is 0.599. The molecule has 0 saturated heterocycles. The van der Waals surface area contributed by atoms with Crippen molar-refractivity contribution in [2.45, 2.75) is 0 Å². The molecule has 12 aromatic rings. The van der Waals surface area contributed by atoms with E-state index in [1.165, 1.54) is 21.7 Å². The second kappa shape index (κ2) is 15.6. The maximum Gasteiger partial charge on any atom is 0.161 e. The van der Waals surface area contributed by atoms with Gasteiger partial charge in [-0.05, 0) is 87.3 Å². The number of hydrogen-bond donors (Lipinski definition) is 0. The Morgan fingerprint density at radius 1 is 0.219 bits per heavy atom. The summed E-state index contributed by atoms with van der Waals surface area (Å²) in [6.07, 6.45) is 3.73. The molecular formula is C58H36N6. The van der Waals surface area contributed by atoms with Gasteiger partial charge in [-0.25, -0.2) is 19.9 Å². The summed E-state index contributed by atoms with van der Waals surface area (Å²) in [5.41, 5.74) is 12.9. The van der Waals surface area contributed by atoms with Crippen molar-refractivity contribution in [2.24, 2.45) is 0 Å². The van der Waals surface area contributed by atoms with Crippen molar-refractivity contribution in [1.29, 1.82) is 0 Å². The van der Waals surface area contributed by atoms with E-state index in [-0.39, 0.29) is 0 Å². The van der Waals surface area contributed by atoms with Crippen LogP contribution >= 0.6 is 0 Å². The zero-order valence-corrected chi connectivity index (χ0v) is 34.5. The second-order valence-corrected chi connectivity index (χ2v) is 16.0. The molecule has 0 radical (unpaired) electrons. The van der Waals surface area contributed by atoms with Crippen LogP contribution < -0.4 is 0 Å². The van der Waals surface area contributed by atoms with Crippen LogP contribution in [0.1, 0.15) is 0 Å². The van der Waals surface area contributed by atoms with Crippen LogP contribution in [0.2, 0.25) is 0 Å². The molecule has 0 spiro atoms. The molecule has 4 heterocycles. The maximum atomic E-state index is 5.23. The molecule has 0 aliphatic heterocycles. The minimum absolute atomic E-state index is 0.599. The number of benzene rings is 8. The summed E-state index contributed by atoms with van der Waals surface area (Å²) in [6, 6.07) is 71.6. The Morgan fingerprint density at radius 2 is 0.594 bits per heavy atom. The van der Waals surface area contributed by atoms with Gasteiger partial charge in [-0.1, -0.05) is 152 Å². The molecule has 0 unspecified atom stereocenters. The van der Waals surface area contributed by atoms with E-state index in [0.29, 0.717) is 11.6 Å². The molecule has 64 heavy (non-hydrogen) atoms. The Kier molecular flexibility index (Phi) is 9.05. The Hall–Kier alpha value is -8.74. The normalized spacial score (nSPS) is 11.4. The Balaban J connectivity index is 0.982. The highest BCUT2D eigenvalue weighted by molar-refractivity contribution is 5.90. The van der Waals surface area contributed by atoms with Gasteiger partial charge in [0.1, 0.15) is 0 Å². The summed E-state index contributed by atoms with van der Waals surface area (Å²) in [4.78, 5) is 30.4. The van der Waals surface area contributed by atoms with E-state index in [4.69, 9.17) is 29.9 Å². The summed E-state index contributed by atoms with van der Waals surface area (Å²) in [5, 5.41) is 6.83. The molecule has 6 nitrogen and oxygen atoms in total. The van der Waals surface area contributed by atoms with E-state index < -0.39 is 0 Å². The van der Waals surface area contributed by atoms with Crippen LogP contribution in [-0.4, -0.2) is 29.9 Å². The predicted octanol–water partition coefficient (Wildman–Crippen LogP) is 14.3. The van der Waals surface area contributed by atoms with Crippen molar-refractivity contribution in [3.05, 3.63) is 219 Å². The Labute approximate surface area is 369 Å². The fourth-order valence-corrected chi connectivity index (χ4v) is 8.52. The fraction of sp³-hybridized carbons (Fsp3) is 0. The number of fused-ring (bicyclic) bond motifs is 4. The van der Waals surface area contributed by atoms with Gasteiger partial charge in [-0.2, -0.15) is 0 Å². The van der Waals surface area contributed by atoms with E-state index in [9.17, 15) is 0 Å². The van der Waals surface area contributed by atoms with Gasteiger partial charge in [-0.15, -0.1) is 0 Å². The summed E-state index contributed by atoms with van der Waals surface area (Å²) in [5.74, 6) is 1.20. The highest BCUT2D eigenvalue weighted by Crippen LogP contribution is 2.35. The number of hydrogen-bond acceptors (Lipinski definition) is 6. The highest BCUT2D eigenvalue weighted by atomic mass is 14.9. The summed E-state index contributed by atoms with van der Waals surface area (Å²) in [6.45, 7) is 0. The number of rotatable bonds is 7. The van der Waals surface area contributed by atoms with Crippen LogP contribution in [0.3, 0.4) is 0 Å². The fourth-order valence-electron chi connectivity index (χ4n) is 8.52. The molecule has 298 valence electrons. The van der Waals surface area contributed by atoms with E-state index in [2.05, 4.69) is 170 Å². The van der Waals surface area contributed by atoms with Crippen LogP contribution in [0.4, 0.5) is 0 Å². The summed E-state index contributed by atoms with van der Waals surface area (Å²) in [7, 11) is 0. The van der Waals surface area contributed by atoms with E-state index in [1.54, 1.807) is 0 Å². The van der Waals surface area contributed by atoms with Crippen molar-refractivity contribution in [2.75, 3.05) is 0 Å². The first kappa shape index (κ1) is 37.1. The van der Waals surface area contributed by atoms with Gasteiger partial charge < -0.3 is 0 Å². The topological polar surface area (TPSA) is 77.3 Å². The number of pyridine rings is 2. The second-order valence-electron chi connectivity index (χ2n) is 16.0. The van der Waals surface area contributed by atoms with Gasteiger partial charge in [-0.3, -0.25) is 9.97 Å². The molecule has 4 aromatic heterocycles. The molecule has 12 rings (SSSR count). The molecular weight excluding hydrogens is 781 g/mol.